The molecule has 3 aliphatic heterocycles. The average molecular weight is 970 g/mol. The number of para-hydroxylation sites is 1. The summed E-state index contributed by atoms with van der Waals surface area (Å²) in [5.74, 6) is 0. The first-order valence-electron chi connectivity index (χ1n) is 26.9. The molecule has 1 fully saturated rings. The second-order valence-corrected chi connectivity index (χ2v) is 26.4. The van der Waals surface area contributed by atoms with Crippen LogP contribution >= 0.6 is 11.3 Å². The maximum atomic E-state index is 2.81. The number of thiophene rings is 1. The Morgan fingerprint density at radius 2 is 1.03 bits per heavy atom. The minimum Gasteiger partial charge on any atom is -0.334 e. The molecule has 73 heavy (non-hydrogen) atoms. The highest BCUT2D eigenvalue weighted by Crippen LogP contribution is 2.62. The summed E-state index contributed by atoms with van der Waals surface area (Å²) in [5.41, 5.74) is 21.7. The molecule has 0 radical (unpaired) electrons. The van der Waals surface area contributed by atoms with Gasteiger partial charge in [-0.05, 0) is 141 Å². The third kappa shape index (κ3) is 6.90. The SMILES string of the molecule is CC(C)(C)c1ccc(N2c3cc(C(C)(C)C)ccc3B3c4ccc(C(C)(C)C)cc4N(c4ccc5c(c4)sc4ccccc45)c4cc(N5c6ccccc6C6(C)CCCCC56C)cc2c43)c(-c2ccccc2)c1. The van der Waals surface area contributed by atoms with Gasteiger partial charge in [0, 0.05) is 71.0 Å². The number of anilines is 8. The van der Waals surface area contributed by atoms with Gasteiger partial charge in [-0.3, -0.25) is 0 Å². The summed E-state index contributed by atoms with van der Waals surface area (Å²) in [6.07, 6.45) is 4.78. The molecule has 0 saturated heterocycles. The van der Waals surface area contributed by atoms with Crippen molar-refractivity contribution < 1.29 is 0 Å². The lowest BCUT2D eigenvalue weighted by Crippen LogP contribution is -2.61. The Bertz CT molecular complexity index is 3710. The van der Waals surface area contributed by atoms with Gasteiger partial charge in [0.1, 0.15) is 0 Å². The van der Waals surface area contributed by atoms with E-state index in [0.717, 1.165) is 6.42 Å². The van der Waals surface area contributed by atoms with Crippen LogP contribution in [-0.2, 0) is 21.7 Å². The van der Waals surface area contributed by atoms with E-state index in [9.17, 15) is 0 Å². The van der Waals surface area contributed by atoms with Gasteiger partial charge in [-0.25, -0.2) is 0 Å². The smallest absolute Gasteiger partial charge is 0.252 e. The molecular weight excluding hydrogens is 902 g/mol. The zero-order valence-corrected chi connectivity index (χ0v) is 45.6. The first-order valence-corrected chi connectivity index (χ1v) is 27.7. The van der Waals surface area contributed by atoms with E-state index in [1.165, 1.54) is 135 Å². The first kappa shape index (κ1) is 46.2. The second kappa shape index (κ2) is 16.0. The molecule has 8 aromatic carbocycles. The molecule has 3 nitrogen and oxygen atoms in total. The molecule has 13 rings (SSSR count). The maximum Gasteiger partial charge on any atom is 0.252 e. The van der Waals surface area contributed by atoms with Crippen molar-refractivity contribution in [1.29, 1.82) is 0 Å². The summed E-state index contributed by atoms with van der Waals surface area (Å²) in [5, 5.41) is 2.64. The molecule has 4 aliphatic rings. The number of hydrogen-bond acceptors (Lipinski definition) is 4. The summed E-state index contributed by atoms with van der Waals surface area (Å²) < 4.78 is 2.64. The number of hydrogen-bond donors (Lipinski definition) is 0. The summed E-state index contributed by atoms with van der Waals surface area (Å²) in [4.78, 5) is 8.18. The van der Waals surface area contributed by atoms with Gasteiger partial charge in [-0.2, -0.15) is 0 Å². The van der Waals surface area contributed by atoms with Crippen molar-refractivity contribution in [3.05, 3.63) is 186 Å². The summed E-state index contributed by atoms with van der Waals surface area (Å²) in [6.45, 7) is 26.3. The largest absolute Gasteiger partial charge is 0.334 e. The summed E-state index contributed by atoms with van der Waals surface area (Å²) >= 11 is 1.91. The van der Waals surface area contributed by atoms with Gasteiger partial charge in [-0.1, -0.05) is 185 Å². The molecule has 1 saturated carbocycles. The summed E-state index contributed by atoms with van der Waals surface area (Å²) in [7, 11) is 0. The van der Waals surface area contributed by atoms with Crippen molar-refractivity contribution in [2.75, 3.05) is 14.7 Å². The van der Waals surface area contributed by atoms with E-state index >= 15 is 0 Å². The Labute approximate surface area is 438 Å². The minimum atomic E-state index is -0.136. The number of fused-ring (bicyclic) bond motifs is 10. The highest BCUT2D eigenvalue weighted by Gasteiger charge is 2.58. The fourth-order valence-corrected chi connectivity index (χ4v) is 14.7. The molecule has 2 unspecified atom stereocenters. The van der Waals surface area contributed by atoms with E-state index < -0.39 is 0 Å². The molecule has 2 atom stereocenters. The van der Waals surface area contributed by atoms with Crippen molar-refractivity contribution >= 4 is 100 Å². The Hall–Kier alpha value is -6.56. The first-order chi connectivity index (χ1) is 34.8. The van der Waals surface area contributed by atoms with Crippen molar-refractivity contribution in [2.45, 2.75) is 129 Å². The van der Waals surface area contributed by atoms with Gasteiger partial charge in [0.25, 0.3) is 6.71 Å². The van der Waals surface area contributed by atoms with Gasteiger partial charge in [0.2, 0.25) is 0 Å². The monoisotopic (exact) mass is 970 g/mol. The molecule has 0 spiro atoms. The van der Waals surface area contributed by atoms with Crippen molar-refractivity contribution in [3.8, 4) is 11.1 Å². The molecule has 1 aromatic heterocycles. The van der Waals surface area contributed by atoms with E-state index in [2.05, 4.69) is 255 Å². The minimum absolute atomic E-state index is 0.00517. The normalized spacial score (nSPS) is 19.2. The summed E-state index contributed by atoms with van der Waals surface area (Å²) in [6, 6.07) is 64.2. The zero-order valence-electron chi connectivity index (χ0n) is 44.7. The average Bonchev–Trinajstić information content (AvgIpc) is 3.84. The molecule has 0 amide bonds. The number of benzene rings is 8. The topological polar surface area (TPSA) is 9.72 Å². The lowest BCUT2D eigenvalue weighted by Gasteiger charge is -2.51. The lowest BCUT2D eigenvalue weighted by molar-refractivity contribution is 0.195. The van der Waals surface area contributed by atoms with Crippen LogP contribution in [-0.4, -0.2) is 12.3 Å². The van der Waals surface area contributed by atoms with Crippen molar-refractivity contribution in [2.24, 2.45) is 0 Å². The maximum absolute atomic E-state index is 2.81. The highest BCUT2D eigenvalue weighted by molar-refractivity contribution is 7.25. The Balaban J connectivity index is 1.18. The van der Waals surface area contributed by atoms with Crippen molar-refractivity contribution in [1.82, 2.24) is 0 Å². The predicted octanol–water partition coefficient (Wildman–Crippen LogP) is 17.4. The van der Waals surface area contributed by atoms with Crippen LogP contribution in [0.1, 0.15) is 124 Å². The van der Waals surface area contributed by atoms with Crippen LogP contribution in [0.4, 0.5) is 45.5 Å². The molecular formula is C68H68BN3S. The third-order valence-corrected chi connectivity index (χ3v) is 19.0. The quantitative estimate of drug-likeness (QED) is 0.163. The van der Waals surface area contributed by atoms with E-state index in [4.69, 9.17) is 0 Å². The van der Waals surface area contributed by atoms with Crippen LogP contribution in [0.5, 0.6) is 0 Å². The van der Waals surface area contributed by atoms with E-state index in [0.29, 0.717) is 0 Å². The fraction of sp³-hybridized carbons (Fsp3) is 0.294. The van der Waals surface area contributed by atoms with Crippen LogP contribution < -0.4 is 31.1 Å². The van der Waals surface area contributed by atoms with Crippen LogP contribution in [0.2, 0.25) is 0 Å². The van der Waals surface area contributed by atoms with E-state index in [1.807, 2.05) is 11.3 Å². The molecule has 1 aliphatic carbocycles. The molecule has 0 bridgehead atoms. The molecule has 364 valence electrons. The molecule has 5 heteroatoms. The fourth-order valence-electron chi connectivity index (χ4n) is 13.6. The van der Waals surface area contributed by atoms with E-state index in [1.54, 1.807) is 0 Å². The van der Waals surface area contributed by atoms with Crippen LogP contribution in [0.25, 0.3) is 31.3 Å². The Morgan fingerprint density at radius 3 is 1.73 bits per heavy atom. The predicted molar refractivity (Wildman–Crippen MR) is 318 cm³/mol. The van der Waals surface area contributed by atoms with Gasteiger partial charge in [-0.15, -0.1) is 11.3 Å². The molecule has 0 N–H and O–H groups in total. The van der Waals surface area contributed by atoms with E-state index in [-0.39, 0.29) is 33.9 Å². The number of nitrogens with zero attached hydrogens (tertiary/aromatic N) is 3. The van der Waals surface area contributed by atoms with Gasteiger partial charge in [0.05, 0.1) is 11.2 Å². The second-order valence-electron chi connectivity index (χ2n) is 25.3. The van der Waals surface area contributed by atoms with Gasteiger partial charge >= 0.3 is 0 Å². The van der Waals surface area contributed by atoms with Crippen LogP contribution in [0, 0.1) is 0 Å². The third-order valence-electron chi connectivity index (χ3n) is 17.9. The Morgan fingerprint density at radius 1 is 0.452 bits per heavy atom. The molecule has 4 heterocycles. The molecule has 9 aromatic rings. The lowest BCUT2D eigenvalue weighted by atomic mass is 9.33. The standard InChI is InChI=1S/C68H68BN3S/c1-64(2,3)44-29-34-55(51(37-44)43-21-13-12-14-22-43)71-58-39-46(66(7,8)9)28-33-54(58)69-53-32-27-45(65(4,5)6)38-57(53)70(47-30-31-50-49-23-15-18-26-61(49)73-62(50)42-47)59-40-48(41-60(71)63(59)69)72-56-25-17-16-24-52(56)67(10)35-19-20-36-68(67,72)11/h12-18,21-34,37-42H,19-20,35-36H2,1-11H3. The highest BCUT2D eigenvalue weighted by atomic mass is 32.1. The van der Waals surface area contributed by atoms with Gasteiger partial charge in [0.15, 0.2) is 0 Å². The zero-order chi connectivity index (χ0) is 50.6. The van der Waals surface area contributed by atoms with Crippen LogP contribution in [0.15, 0.2) is 164 Å². The van der Waals surface area contributed by atoms with Crippen LogP contribution in [0.3, 0.4) is 0 Å². The van der Waals surface area contributed by atoms with Crippen molar-refractivity contribution in [3.63, 3.8) is 0 Å². The Kier molecular flexibility index (Phi) is 10.1. The van der Waals surface area contributed by atoms with Gasteiger partial charge < -0.3 is 14.7 Å². The number of rotatable bonds is 4.